The zero-order valence-corrected chi connectivity index (χ0v) is 18.9. The van der Waals surface area contributed by atoms with Gasteiger partial charge in [0, 0.05) is 38.6 Å². The topological polar surface area (TPSA) is 82.2 Å². The summed E-state index contributed by atoms with van der Waals surface area (Å²) in [6, 6.07) is 7.39. The molecule has 0 spiro atoms. The van der Waals surface area contributed by atoms with Crippen LogP contribution in [0.15, 0.2) is 24.3 Å². The van der Waals surface area contributed by atoms with E-state index in [1.54, 1.807) is 7.11 Å². The van der Waals surface area contributed by atoms with Gasteiger partial charge in [0.05, 0.1) is 19.2 Å². The monoisotopic (exact) mass is 442 g/mol. The smallest absolute Gasteiger partial charge is 0.252 e. The Balaban J connectivity index is 1.20. The molecule has 2 saturated heterocycles. The Bertz CT molecular complexity index is 831. The molecule has 1 N–H and O–H groups in total. The van der Waals surface area contributed by atoms with Gasteiger partial charge >= 0.3 is 0 Å². The summed E-state index contributed by atoms with van der Waals surface area (Å²) < 4.78 is 5.48. The molecule has 8 heteroatoms. The van der Waals surface area contributed by atoms with Crippen LogP contribution in [0.1, 0.15) is 38.5 Å². The molecule has 8 nitrogen and oxygen atoms in total. The van der Waals surface area contributed by atoms with Crippen molar-refractivity contribution in [3.8, 4) is 5.75 Å². The lowest BCUT2D eigenvalue weighted by Crippen LogP contribution is -2.47. The van der Waals surface area contributed by atoms with E-state index in [1.165, 1.54) is 4.90 Å². The maximum atomic E-state index is 12.7. The Kier molecular flexibility index (Phi) is 7.29. The van der Waals surface area contributed by atoms with Crippen LogP contribution in [0, 0.1) is 5.92 Å². The van der Waals surface area contributed by atoms with Gasteiger partial charge in [-0.05, 0) is 37.9 Å². The third kappa shape index (κ3) is 5.06. The number of para-hydroxylation sites is 2. The Morgan fingerprint density at radius 3 is 2.50 bits per heavy atom. The first-order chi connectivity index (χ1) is 15.6. The van der Waals surface area contributed by atoms with Gasteiger partial charge in [-0.3, -0.25) is 24.2 Å². The molecule has 0 radical (unpaired) electrons. The summed E-state index contributed by atoms with van der Waals surface area (Å²) in [5.74, 6) is 0.404. The molecule has 3 aliphatic rings. The first-order valence-electron chi connectivity index (χ1n) is 11.8. The summed E-state index contributed by atoms with van der Waals surface area (Å²) in [5.41, 5.74) is 1.12. The van der Waals surface area contributed by atoms with Crippen LogP contribution in [0.2, 0.25) is 0 Å². The van der Waals surface area contributed by atoms with Crippen molar-refractivity contribution in [2.75, 3.05) is 51.3 Å². The summed E-state index contributed by atoms with van der Waals surface area (Å²) in [4.78, 5) is 43.4. The minimum atomic E-state index is -0.681. The van der Waals surface area contributed by atoms with Crippen LogP contribution in [0.25, 0.3) is 0 Å². The third-order valence-electron chi connectivity index (χ3n) is 6.94. The van der Waals surface area contributed by atoms with Crippen molar-refractivity contribution >= 4 is 23.4 Å². The maximum Gasteiger partial charge on any atom is 0.252 e. The van der Waals surface area contributed by atoms with Crippen LogP contribution in [0.4, 0.5) is 5.69 Å². The molecule has 0 aromatic heterocycles. The van der Waals surface area contributed by atoms with Crippen LogP contribution >= 0.6 is 0 Å². The van der Waals surface area contributed by atoms with Crippen LogP contribution < -0.4 is 15.0 Å². The number of hydrogen-bond donors (Lipinski definition) is 1. The molecule has 1 atom stereocenters. The van der Waals surface area contributed by atoms with Crippen molar-refractivity contribution in [1.82, 2.24) is 15.1 Å². The highest BCUT2D eigenvalue weighted by Gasteiger charge is 2.40. The lowest BCUT2D eigenvalue weighted by Gasteiger charge is -2.36. The predicted octanol–water partition coefficient (Wildman–Crippen LogP) is 1.64. The quantitative estimate of drug-likeness (QED) is 0.617. The fourth-order valence-corrected chi connectivity index (χ4v) is 5.06. The number of hydrogen-bond acceptors (Lipinski definition) is 6. The van der Waals surface area contributed by atoms with E-state index in [9.17, 15) is 14.4 Å². The minimum Gasteiger partial charge on any atom is -0.495 e. The second-order valence-electron chi connectivity index (χ2n) is 8.98. The summed E-state index contributed by atoms with van der Waals surface area (Å²) in [5, 5.41) is 2.82. The minimum absolute atomic E-state index is 0.00136. The number of methoxy groups -OCH3 is 1. The second-order valence-corrected chi connectivity index (χ2v) is 8.98. The number of piperazine rings is 1. The van der Waals surface area contributed by atoms with Gasteiger partial charge in [0.15, 0.2) is 0 Å². The summed E-state index contributed by atoms with van der Waals surface area (Å²) in [6.07, 6.45) is 4.73. The predicted molar refractivity (Wildman–Crippen MR) is 121 cm³/mol. The number of nitrogens with zero attached hydrogens (tertiary/aromatic N) is 3. The van der Waals surface area contributed by atoms with Crippen LogP contribution in [-0.2, 0) is 14.4 Å². The molecule has 2 aliphatic heterocycles. The molecule has 0 bridgehead atoms. The average molecular weight is 443 g/mol. The zero-order valence-electron chi connectivity index (χ0n) is 18.9. The van der Waals surface area contributed by atoms with E-state index < -0.39 is 6.04 Å². The maximum absolute atomic E-state index is 12.7. The molecule has 4 rings (SSSR count). The Hall–Kier alpha value is -2.61. The number of carbonyl (C=O) groups excluding carboxylic acids is 3. The Morgan fingerprint density at radius 1 is 1.06 bits per heavy atom. The van der Waals surface area contributed by atoms with Crippen molar-refractivity contribution in [2.45, 2.75) is 44.6 Å². The summed E-state index contributed by atoms with van der Waals surface area (Å²) >= 11 is 0. The molecule has 174 valence electrons. The zero-order chi connectivity index (χ0) is 22.5. The number of nitrogens with one attached hydrogen (secondary N) is 1. The molecule has 1 aliphatic carbocycles. The highest BCUT2D eigenvalue weighted by atomic mass is 16.5. The van der Waals surface area contributed by atoms with Gasteiger partial charge in [0.2, 0.25) is 11.8 Å². The standard InChI is InChI=1S/C24H34N4O4/c1-32-21-10-5-4-9-20(21)27-15-13-26(14-16-27)11-6-12-28-22(29)17-19(24(28)31)25-23(30)18-7-2-3-8-18/h4-5,9-10,18-19H,2-3,6-8,11-17H2,1H3,(H,25,30)/t19-/m0/s1. The van der Waals surface area contributed by atoms with Crippen molar-refractivity contribution in [2.24, 2.45) is 5.92 Å². The number of amides is 3. The van der Waals surface area contributed by atoms with E-state index in [4.69, 9.17) is 4.74 Å². The van der Waals surface area contributed by atoms with Crippen molar-refractivity contribution in [3.05, 3.63) is 24.3 Å². The van der Waals surface area contributed by atoms with E-state index in [-0.39, 0.29) is 30.1 Å². The van der Waals surface area contributed by atoms with Crippen LogP contribution in [0.3, 0.4) is 0 Å². The number of likely N-dealkylation sites (tertiary alicyclic amines) is 1. The fraction of sp³-hybridized carbons (Fsp3) is 0.625. The first kappa shape index (κ1) is 22.6. The molecular weight excluding hydrogens is 408 g/mol. The van der Waals surface area contributed by atoms with Gasteiger partial charge in [0.25, 0.3) is 5.91 Å². The van der Waals surface area contributed by atoms with Gasteiger partial charge in [-0.15, -0.1) is 0 Å². The third-order valence-corrected chi connectivity index (χ3v) is 6.94. The molecule has 1 aromatic rings. The largest absolute Gasteiger partial charge is 0.495 e. The van der Waals surface area contributed by atoms with Crippen molar-refractivity contribution < 1.29 is 19.1 Å². The number of benzene rings is 1. The second kappa shape index (κ2) is 10.3. The van der Waals surface area contributed by atoms with Gasteiger partial charge < -0.3 is 15.0 Å². The summed E-state index contributed by atoms with van der Waals surface area (Å²) in [6.45, 7) is 4.95. The van der Waals surface area contributed by atoms with Gasteiger partial charge in [-0.1, -0.05) is 25.0 Å². The van der Waals surface area contributed by atoms with Gasteiger partial charge in [-0.25, -0.2) is 0 Å². The number of rotatable bonds is 8. The lowest BCUT2D eigenvalue weighted by atomic mass is 10.1. The number of imide groups is 1. The van der Waals surface area contributed by atoms with Gasteiger partial charge in [0.1, 0.15) is 11.8 Å². The number of carbonyl (C=O) groups is 3. The molecule has 1 aromatic carbocycles. The Morgan fingerprint density at radius 2 is 1.78 bits per heavy atom. The van der Waals surface area contributed by atoms with Crippen molar-refractivity contribution in [1.29, 1.82) is 0 Å². The van der Waals surface area contributed by atoms with E-state index in [2.05, 4.69) is 21.2 Å². The number of anilines is 1. The van der Waals surface area contributed by atoms with Crippen LogP contribution in [0.5, 0.6) is 5.75 Å². The molecule has 3 amide bonds. The summed E-state index contributed by atoms with van der Waals surface area (Å²) in [7, 11) is 1.70. The van der Waals surface area contributed by atoms with E-state index in [0.29, 0.717) is 6.54 Å². The highest BCUT2D eigenvalue weighted by Crippen LogP contribution is 2.28. The molecule has 1 saturated carbocycles. The average Bonchev–Trinajstić information content (AvgIpc) is 3.44. The molecule has 2 heterocycles. The fourth-order valence-electron chi connectivity index (χ4n) is 5.06. The van der Waals surface area contributed by atoms with E-state index >= 15 is 0 Å². The van der Waals surface area contributed by atoms with Gasteiger partial charge in [-0.2, -0.15) is 0 Å². The van der Waals surface area contributed by atoms with E-state index in [1.807, 2.05) is 18.2 Å². The molecule has 32 heavy (non-hydrogen) atoms. The molecule has 0 unspecified atom stereocenters. The first-order valence-corrected chi connectivity index (χ1v) is 11.8. The van der Waals surface area contributed by atoms with Crippen LogP contribution in [-0.4, -0.2) is 79.9 Å². The Labute approximate surface area is 189 Å². The number of ether oxygens (including phenoxy) is 1. The SMILES string of the molecule is COc1ccccc1N1CCN(CCCN2C(=O)C[C@H](NC(=O)C3CCCC3)C2=O)CC1. The molecular formula is C24H34N4O4. The lowest BCUT2D eigenvalue weighted by molar-refractivity contribution is -0.140. The van der Waals surface area contributed by atoms with E-state index in [0.717, 1.165) is 76.3 Å². The highest BCUT2D eigenvalue weighted by molar-refractivity contribution is 6.06. The molecule has 3 fully saturated rings. The normalized spacial score (nSPS) is 22.6. The van der Waals surface area contributed by atoms with Crippen molar-refractivity contribution in [3.63, 3.8) is 0 Å².